The van der Waals surface area contributed by atoms with E-state index in [1.807, 2.05) is 0 Å². The van der Waals surface area contributed by atoms with E-state index in [0.717, 1.165) is 0 Å². The van der Waals surface area contributed by atoms with Gasteiger partial charge >= 0.3 is 7.82 Å². The Hall–Kier alpha value is -3.31. The summed E-state index contributed by atoms with van der Waals surface area (Å²) in [5.41, 5.74) is 13.1. The van der Waals surface area contributed by atoms with E-state index in [-0.39, 0.29) is 44.8 Å². The largest absolute Gasteiger partial charge is 0.472 e. The Morgan fingerprint density at radius 3 is 2.34 bits per heavy atom. The number of nitrogen functional groups attached to an aromatic ring is 2. The quantitative estimate of drug-likeness (QED) is 0.130. The van der Waals surface area contributed by atoms with Gasteiger partial charge in [0.2, 0.25) is 0 Å². The molecule has 6 N–H and O–H groups in total. The number of aromatic nitrogens is 8. The van der Waals surface area contributed by atoms with E-state index in [4.69, 9.17) is 35.1 Å². The second kappa shape index (κ2) is 11.0. The highest BCUT2D eigenvalue weighted by Gasteiger charge is 2.26. The number of fused-ring (bicyclic) bond motifs is 2. The van der Waals surface area contributed by atoms with Gasteiger partial charge in [0.25, 0.3) is 0 Å². The summed E-state index contributed by atoms with van der Waals surface area (Å²) in [4.78, 5) is 34.2. The molecule has 18 heteroatoms. The fourth-order valence-corrected chi connectivity index (χ4v) is 3.74. The van der Waals surface area contributed by atoms with Gasteiger partial charge in [-0.15, -0.1) is 0 Å². The number of hydrogen-bond donors (Lipinski definition) is 4. The predicted molar refractivity (Wildman–Crippen MR) is 119 cm³/mol. The van der Waals surface area contributed by atoms with Crippen molar-refractivity contribution in [2.45, 2.75) is 13.0 Å². The third kappa shape index (κ3) is 5.85. The molecule has 0 spiro atoms. The summed E-state index contributed by atoms with van der Waals surface area (Å²) in [6.45, 7) is -0.971. The number of imidazole rings is 2. The van der Waals surface area contributed by atoms with Crippen LogP contribution in [0, 0.1) is 0 Å². The molecule has 4 aromatic heterocycles. The van der Waals surface area contributed by atoms with Crippen LogP contribution in [0.15, 0.2) is 25.3 Å². The molecule has 1 unspecified atom stereocenters. The molecule has 0 aliphatic rings. The number of aliphatic hydroxyl groups is 1. The molecule has 2 atom stereocenters. The minimum Gasteiger partial charge on any atom is -0.394 e. The van der Waals surface area contributed by atoms with Gasteiger partial charge in [-0.25, -0.2) is 34.5 Å². The van der Waals surface area contributed by atoms with E-state index in [1.54, 1.807) is 4.57 Å². The van der Waals surface area contributed by atoms with Gasteiger partial charge in [-0.2, -0.15) is 0 Å². The van der Waals surface area contributed by atoms with E-state index in [1.165, 1.54) is 29.9 Å². The number of nitrogens with zero attached hydrogens (tertiary/aromatic N) is 8. The number of ether oxygens (including phenoxy) is 2. The summed E-state index contributed by atoms with van der Waals surface area (Å²) in [5, 5.41) is 9.11. The van der Waals surface area contributed by atoms with Crippen LogP contribution in [0.2, 0.25) is 0 Å². The Bertz CT molecular complexity index is 1330. The smallest absolute Gasteiger partial charge is 0.394 e. The Kier molecular flexibility index (Phi) is 7.76. The molecule has 0 fully saturated rings. The molecule has 17 nitrogen and oxygen atoms in total. The highest BCUT2D eigenvalue weighted by Crippen LogP contribution is 2.43. The Labute approximate surface area is 197 Å². The summed E-state index contributed by atoms with van der Waals surface area (Å²) in [6.07, 6.45) is 4.46. The summed E-state index contributed by atoms with van der Waals surface area (Å²) in [5.74, 6) is 0.405. The van der Waals surface area contributed by atoms with Crippen molar-refractivity contribution in [3.63, 3.8) is 0 Å². The van der Waals surface area contributed by atoms with E-state index < -0.39 is 20.7 Å². The van der Waals surface area contributed by atoms with Crippen LogP contribution >= 0.6 is 7.82 Å². The molecule has 0 saturated carbocycles. The van der Waals surface area contributed by atoms with Crippen molar-refractivity contribution >= 4 is 41.8 Å². The Balaban J connectivity index is 1.28. The second-order valence-electron chi connectivity index (χ2n) is 6.91. The summed E-state index contributed by atoms with van der Waals surface area (Å²) in [6, 6.07) is 0. The molecule has 0 aromatic carbocycles. The third-order valence-electron chi connectivity index (χ3n) is 4.62. The molecular formula is C17H23N10O7P. The molecule has 0 bridgehead atoms. The number of anilines is 2. The van der Waals surface area contributed by atoms with Gasteiger partial charge in [0.05, 0.1) is 39.1 Å². The van der Waals surface area contributed by atoms with Crippen molar-refractivity contribution in [1.82, 2.24) is 39.0 Å². The maximum Gasteiger partial charge on any atom is 0.472 e. The van der Waals surface area contributed by atoms with Crippen molar-refractivity contribution in [1.29, 1.82) is 0 Å². The van der Waals surface area contributed by atoms with Gasteiger partial charge in [0.1, 0.15) is 37.0 Å². The second-order valence-corrected chi connectivity index (χ2v) is 8.37. The number of phosphoric acid groups is 1. The standard InChI is InChI=1S/C17H23N10O7P/c18-14-12-16(22-6-20-14)26(8-24-12)10-31-3-4-33-35(29,30)34-5-11(32-2-1-28)27-9-25-13-15(19)21-7-23-17(13)27/h6-9,11,28H,1-5,10H2,(H,29,30)(H2,18,20,22)(H2,19,21,23)/t11-/m1/s1. The molecular weight excluding hydrogens is 487 g/mol. The van der Waals surface area contributed by atoms with Crippen molar-refractivity contribution < 1.29 is 33.1 Å². The van der Waals surface area contributed by atoms with Gasteiger partial charge in [0, 0.05) is 0 Å². The van der Waals surface area contributed by atoms with E-state index in [9.17, 15) is 9.46 Å². The normalized spacial score (nSPS) is 14.5. The van der Waals surface area contributed by atoms with Crippen LogP contribution in [0.5, 0.6) is 0 Å². The van der Waals surface area contributed by atoms with Crippen molar-refractivity contribution in [2.24, 2.45) is 0 Å². The van der Waals surface area contributed by atoms with Crippen molar-refractivity contribution in [3.05, 3.63) is 25.3 Å². The SMILES string of the molecule is Nc1ncnc2c1ncn2COCCOP(=O)(O)OC[C@@H](OCCO)n1cnc2c(N)ncnc21. The average Bonchev–Trinajstić information content (AvgIpc) is 3.45. The molecule has 0 aliphatic heterocycles. The monoisotopic (exact) mass is 510 g/mol. The van der Waals surface area contributed by atoms with Crippen LogP contribution in [-0.4, -0.2) is 82.1 Å². The fourth-order valence-electron chi connectivity index (χ4n) is 3.04. The third-order valence-corrected chi connectivity index (χ3v) is 5.61. The number of aliphatic hydroxyl groups excluding tert-OH is 1. The molecule has 4 aromatic rings. The Morgan fingerprint density at radius 2 is 1.60 bits per heavy atom. The minimum absolute atomic E-state index is 0.0268. The summed E-state index contributed by atoms with van der Waals surface area (Å²) in [7, 11) is -4.47. The first-order chi connectivity index (χ1) is 16.9. The predicted octanol–water partition coefficient (Wildman–Crippen LogP) is -0.554. The van der Waals surface area contributed by atoms with E-state index in [0.29, 0.717) is 22.3 Å². The maximum absolute atomic E-state index is 12.3. The van der Waals surface area contributed by atoms with Gasteiger partial charge < -0.3 is 30.9 Å². The lowest BCUT2D eigenvalue weighted by atomic mass is 10.5. The van der Waals surface area contributed by atoms with Crippen molar-refractivity contribution in [3.8, 4) is 0 Å². The number of nitrogens with two attached hydrogens (primary N) is 2. The first-order valence-corrected chi connectivity index (χ1v) is 11.7. The summed E-state index contributed by atoms with van der Waals surface area (Å²) >= 11 is 0. The molecule has 4 heterocycles. The van der Waals surface area contributed by atoms with Crippen LogP contribution in [-0.2, 0) is 29.8 Å². The number of phosphoric ester groups is 1. The first-order valence-electron chi connectivity index (χ1n) is 10.2. The van der Waals surface area contributed by atoms with Crippen LogP contribution < -0.4 is 11.5 Å². The first kappa shape index (κ1) is 24.8. The molecule has 188 valence electrons. The number of hydrogen-bond acceptors (Lipinski definition) is 14. The zero-order valence-electron chi connectivity index (χ0n) is 18.2. The summed E-state index contributed by atoms with van der Waals surface area (Å²) < 4.78 is 36.3. The highest BCUT2D eigenvalue weighted by atomic mass is 31.2. The van der Waals surface area contributed by atoms with E-state index >= 15 is 0 Å². The maximum atomic E-state index is 12.3. The minimum atomic E-state index is -4.47. The molecule has 0 radical (unpaired) electrons. The lowest BCUT2D eigenvalue weighted by Crippen LogP contribution is -2.20. The fraction of sp³-hybridized carbons (Fsp3) is 0.412. The topological polar surface area (TPSA) is 234 Å². The van der Waals surface area contributed by atoms with Crippen LogP contribution in [0.4, 0.5) is 11.6 Å². The highest BCUT2D eigenvalue weighted by molar-refractivity contribution is 7.47. The van der Waals surface area contributed by atoms with Crippen LogP contribution in [0.3, 0.4) is 0 Å². The molecule has 35 heavy (non-hydrogen) atoms. The Morgan fingerprint density at radius 1 is 0.914 bits per heavy atom. The van der Waals surface area contributed by atoms with E-state index in [2.05, 4.69) is 29.9 Å². The molecule has 0 saturated heterocycles. The van der Waals surface area contributed by atoms with Crippen LogP contribution in [0.1, 0.15) is 6.23 Å². The lowest BCUT2D eigenvalue weighted by molar-refractivity contribution is -0.0463. The lowest BCUT2D eigenvalue weighted by Gasteiger charge is -2.21. The zero-order chi connectivity index (χ0) is 24.8. The van der Waals surface area contributed by atoms with Gasteiger partial charge in [-0.1, -0.05) is 0 Å². The van der Waals surface area contributed by atoms with Gasteiger partial charge in [0.15, 0.2) is 29.2 Å². The van der Waals surface area contributed by atoms with Crippen LogP contribution in [0.25, 0.3) is 22.3 Å². The van der Waals surface area contributed by atoms with Gasteiger partial charge in [-0.3, -0.25) is 18.2 Å². The zero-order valence-corrected chi connectivity index (χ0v) is 19.1. The number of rotatable bonds is 13. The van der Waals surface area contributed by atoms with Crippen molar-refractivity contribution in [2.75, 3.05) is 44.5 Å². The van der Waals surface area contributed by atoms with Gasteiger partial charge in [-0.05, 0) is 0 Å². The molecule has 0 amide bonds. The molecule has 4 rings (SSSR count). The molecule has 0 aliphatic carbocycles. The average molecular weight is 510 g/mol.